The van der Waals surface area contributed by atoms with Gasteiger partial charge in [0, 0.05) is 23.3 Å². The molecule has 0 aliphatic carbocycles. The number of ether oxygens (including phenoxy) is 5. The lowest BCUT2D eigenvalue weighted by Gasteiger charge is -2.15. The van der Waals surface area contributed by atoms with Crippen LogP contribution in [-0.2, 0) is 6.42 Å². The van der Waals surface area contributed by atoms with E-state index in [2.05, 4.69) is 0 Å². The zero-order valence-corrected chi connectivity index (χ0v) is 21.8. The van der Waals surface area contributed by atoms with Gasteiger partial charge in [-0.15, -0.1) is 0 Å². The van der Waals surface area contributed by atoms with Crippen molar-refractivity contribution in [2.45, 2.75) is 6.42 Å². The SMILES string of the molecule is COc1cc(/C=C\c2ccc(OC)c(OC)c2C/C=C\C(=O)c2ccc([N+](=O)[O-])cc2)cc(OC)c1OC. The van der Waals surface area contributed by atoms with Gasteiger partial charge >= 0.3 is 0 Å². The number of ketones is 1. The Morgan fingerprint density at radius 3 is 1.92 bits per heavy atom. The van der Waals surface area contributed by atoms with E-state index in [1.807, 2.05) is 36.4 Å². The molecule has 3 rings (SSSR count). The average molecular weight is 520 g/mol. The van der Waals surface area contributed by atoms with Crippen molar-refractivity contribution in [3.63, 3.8) is 0 Å². The fraction of sp³-hybridized carbons (Fsp3) is 0.207. The van der Waals surface area contributed by atoms with Gasteiger partial charge in [-0.3, -0.25) is 14.9 Å². The van der Waals surface area contributed by atoms with Gasteiger partial charge in [0.05, 0.1) is 40.5 Å². The number of carbonyl (C=O) groups excluding carboxylic acids is 1. The van der Waals surface area contributed by atoms with Gasteiger partial charge in [0.15, 0.2) is 28.8 Å². The zero-order chi connectivity index (χ0) is 27.7. The van der Waals surface area contributed by atoms with Crippen LogP contribution in [0.1, 0.15) is 27.0 Å². The number of benzene rings is 3. The maximum Gasteiger partial charge on any atom is 0.269 e. The first-order chi connectivity index (χ1) is 18.4. The molecule has 38 heavy (non-hydrogen) atoms. The molecule has 0 unspecified atom stereocenters. The summed E-state index contributed by atoms with van der Waals surface area (Å²) in [6, 6.07) is 12.9. The van der Waals surface area contributed by atoms with Crippen molar-refractivity contribution in [2.24, 2.45) is 0 Å². The highest BCUT2D eigenvalue weighted by Gasteiger charge is 2.15. The lowest BCUT2D eigenvalue weighted by atomic mass is 10.00. The van der Waals surface area contributed by atoms with Crippen LogP contribution in [0.2, 0.25) is 0 Å². The van der Waals surface area contributed by atoms with E-state index < -0.39 is 4.92 Å². The monoisotopic (exact) mass is 519 g/mol. The summed E-state index contributed by atoms with van der Waals surface area (Å²) in [6.07, 6.45) is 7.35. The number of carbonyl (C=O) groups is 1. The van der Waals surface area contributed by atoms with Crippen LogP contribution in [0, 0.1) is 10.1 Å². The van der Waals surface area contributed by atoms with Gasteiger partial charge in [-0.1, -0.05) is 24.3 Å². The fourth-order valence-electron chi connectivity index (χ4n) is 3.88. The van der Waals surface area contributed by atoms with Crippen molar-refractivity contribution < 1.29 is 33.4 Å². The largest absolute Gasteiger partial charge is 0.493 e. The molecule has 0 atom stereocenters. The maximum absolute atomic E-state index is 12.6. The van der Waals surface area contributed by atoms with Crippen molar-refractivity contribution in [2.75, 3.05) is 35.5 Å². The van der Waals surface area contributed by atoms with Crippen LogP contribution in [0.25, 0.3) is 12.2 Å². The molecule has 0 heterocycles. The molecule has 0 aliphatic rings. The van der Waals surface area contributed by atoms with Gasteiger partial charge in [0.1, 0.15) is 0 Å². The highest BCUT2D eigenvalue weighted by atomic mass is 16.6. The first kappa shape index (κ1) is 27.8. The first-order valence-corrected chi connectivity index (χ1v) is 11.5. The van der Waals surface area contributed by atoms with E-state index in [4.69, 9.17) is 23.7 Å². The Kier molecular flexibility index (Phi) is 9.48. The van der Waals surface area contributed by atoms with Crippen LogP contribution in [0.4, 0.5) is 5.69 Å². The molecule has 0 N–H and O–H groups in total. The second kappa shape index (κ2) is 13.0. The van der Waals surface area contributed by atoms with Crippen LogP contribution < -0.4 is 23.7 Å². The van der Waals surface area contributed by atoms with Crippen molar-refractivity contribution >= 4 is 23.6 Å². The highest BCUT2D eigenvalue weighted by Crippen LogP contribution is 2.39. The topological polar surface area (TPSA) is 106 Å². The molecule has 0 spiro atoms. The summed E-state index contributed by atoms with van der Waals surface area (Å²) in [7, 11) is 7.77. The third kappa shape index (κ3) is 6.31. The number of hydrogen-bond donors (Lipinski definition) is 0. The van der Waals surface area contributed by atoms with E-state index in [0.29, 0.717) is 40.7 Å². The second-order valence-electron chi connectivity index (χ2n) is 7.94. The number of rotatable bonds is 12. The van der Waals surface area contributed by atoms with Gasteiger partial charge in [0.25, 0.3) is 5.69 Å². The molecule has 0 aliphatic heterocycles. The summed E-state index contributed by atoms with van der Waals surface area (Å²) in [5, 5.41) is 10.9. The normalized spacial score (nSPS) is 11.0. The Hall–Kier alpha value is -4.79. The van der Waals surface area contributed by atoms with E-state index >= 15 is 0 Å². The van der Waals surface area contributed by atoms with Crippen molar-refractivity contribution in [1.29, 1.82) is 0 Å². The van der Waals surface area contributed by atoms with Crippen LogP contribution in [0.5, 0.6) is 28.7 Å². The van der Waals surface area contributed by atoms with Crippen LogP contribution in [-0.4, -0.2) is 46.3 Å². The lowest BCUT2D eigenvalue weighted by Crippen LogP contribution is -1.99. The lowest BCUT2D eigenvalue weighted by molar-refractivity contribution is -0.384. The Labute approximate surface area is 221 Å². The van der Waals surface area contributed by atoms with Gasteiger partial charge in [0.2, 0.25) is 5.75 Å². The summed E-state index contributed by atoms with van der Waals surface area (Å²) >= 11 is 0. The third-order valence-electron chi connectivity index (χ3n) is 5.78. The molecule has 0 fully saturated rings. The summed E-state index contributed by atoms with van der Waals surface area (Å²) in [5.41, 5.74) is 2.76. The number of nitro benzene ring substituents is 1. The number of non-ortho nitro benzene ring substituents is 1. The predicted octanol–water partition coefficient (Wildman–Crippen LogP) is 5.79. The molecule has 0 radical (unpaired) electrons. The van der Waals surface area contributed by atoms with Crippen LogP contribution in [0.15, 0.2) is 60.7 Å². The van der Waals surface area contributed by atoms with Gasteiger partial charge in [-0.2, -0.15) is 0 Å². The molecule has 0 aromatic heterocycles. The number of nitro groups is 1. The van der Waals surface area contributed by atoms with Crippen molar-refractivity contribution in [1.82, 2.24) is 0 Å². The Morgan fingerprint density at radius 1 is 0.789 bits per heavy atom. The van der Waals surface area contributed by atoms with Crippen molar-refractivity contribution in [3.05, 3.63) is 93.1 Å². The Balaban J connectivity index is 1.93. The minimum Gasteiger partial charge on any atom is -0.493 e. The summed E-state index contributed by atoms with van der Waals surface area (Å²) in [5.74, 6) is 2.41. The van der Waals surface area contributed by atoms with Crippen LogP contribution in [0.3, 0.4) is 0 Å². The predicted molar refractivity (Wildman–Crippen MR) is 145 cm³/mol. The Bertz CT molecular complexity index is 1330. The number of nitrogens with zero attached hydrogens (tertiary/aromatic N) is 1. The molecule has 0 saturated heterocycles. The third-order valence-corrected chi connectivity index (χ3v) is 5.78. The fourth-order valence-corrected chi connectivity index (χ4v) is 3.88. The minimum atomic E-state index is -0.508. The quantitative estimate of drug-likeness (QED) is 0.0973. The molecular formula is C29H29NO8. The second-order valence-corrected chi connectivity index (χ2v) is 7.94. The molecule has 0 amide bonds. The molecule has 198 valence electrons. The minimum absolute atomic E-state index is 0.0739. The molecule has 0 saturated carbocycles. The number of methoxy groups -OCH3 is 5. The maximum atomic E-state index is 12.6. The highest BCUT2D eigenvalue weighted by molar-refractivity contribution is 6.04. The van der Waals surface area contributed by atoms with E-state index in [1.54, 1.807) is 41.6 Å². The molecular weight excluding hydrogens is 490 g/mol. The van der Waals surface area contributed by atoms with E-state index in [1.165, 1.54) is 30.3 Å². The van der Waals surface area contributed by atoms with E-state index in [9.17, 15) is 14.9 Å². The summed E-state index contributed by atoms with van der Waals surface area (Å²) in [4.78, 5) is 22.9. The summed E-state index contributed by atoms with van der Waals surface area (Å²) in [6.45, 7) is 0. The molecule has 9 heteroatoms. The van der Waals surface area contributed by atoms with Crippen molar-refractivity contribution in [3.8, 4) is 28.7 Å². The van der Waals surface area contributed by atoms with Gasteiger partial charge in [-0.25, -0.2) is 0 Å². The average Bonchev–Trinajstić information content (AvgIpc) is 2.95. The standard InChI is InChI=1S/C29H29NO8/c1-34-25-16-13-20(10-9-19-17-26(35-2)29(38-5)27(18-19)36-3)23(28(25)37-4)7-6-8-24(31)21-11-14-22(15-12-21)30(32)33/h6,8-18H,7H2,1-5H3/b8-6-,10-9-. The molecule has 3 aromatic carbocycles. The first-order valence-electron chi connectivity index (χ1n) is 11.5. The van der Waals surface area contributed by atoms with E-state index in [-0.39, 0.29) is 11.5 Å². The molecule has 0 bridgehead atoms. The number of allylic oxidation sites excluding steroid dienone is 2. The number of hydrogen-bond acceptors (Lipinski definition) is 8. The van der Waals surface area contributed by atoms with Gasteiger partial charge < -0.3 is 23.7 Å². The van der Waals surface area contributed by atoms with Crippen LogP contribution >= 0.6 is 0 Å². The zero-order valence-electron chi connectivity index (χ0n) is 21.8. The smallest absolute Gasteiger partial charge is 0.269 e. The Morgan fingerprint density at radius 2 is 1.39 bits per heavy atom. The summed E-state index contributed by atoms with van der Waals surface area (Å²) < 4.78 is 27.4. The molecule has 9 nitrogen and oxygen atoms in total. The van der Waals surface area contributed by atoms with E-state index in [0.717, 1.165) is 16.7 Å². The van der Waals surface area contributed by atoms with Gasteiger partial charge in [-0.05, 0) is 54.0 Å². The molecule has 3 aromatic rings.